The lowest BCUT2D eigenvalue weighted by Crippen LogP contribution is -2.31. The standard InChI is InChI=1S/C16H17N3OS/c20-16(12-4-2-1-3-5-12)19-10-14-15(18-8-7-17-14)13-6-9-21-11-13/h1-2,6-9,11-12H,3-5,10H2,(H,19,20). The minimum absolute atomic E-state index is 0.0938. The molecule has 1 N–H and O–H groups in total. The molecule has 0 bridgehead atoms. The molecule has 0 fully saturated rings. The number of aromatic nitrogens is 2. The third kappa shape index (κ3) is 3.36. The number of rotatable bonds is 4. The monoisotopic (exact) mass is 299 g/mol. The molecule has 1 aliphatic carbocycles. The van der Waals surface area contributed by atoms with E-state index in [4.69, 9.17) is 0 Å². The first kappa shape index (κ1) is 13.9. The number of nitrogens with zero attached hydrogens (tertiary/aromatic N) is 2. The Hall–Kier alpha value is -2.01. The van der Waals surface area contributed by atoms with E-state index >= 15 is 0 Å². The van der Waals surface area contributed by atoms with Crippen molar-refractivity contribution in [3.8, 4) is 11.3 Å². The Morgan fingerprint density at radius 2 is 2.24 bits per heavy atom. The molecule has 0 radical (unpaired) electrons. The number of thiophene rings is 1. The van der Waals surface area contributed by atoms with Gasteiger partial charge < -0.3 is 5.32 Å². The summed E-state index contributed by atoms with van der Waals surface area (Å²) in [5.74, 6) is 0.206. The van der Waals surface area contributed by atoms with Crippen molar-refractivity contribution in [1.82, 2.24) is 15.3 Å². The fourth-order valence-electron chi connectivity index (χ4n) is 2.48. The third-order valence-corrected chi connectivity index (χ3v) is 4.32. The molecule has 1 amide bonds. The summed E-state index contributed by atoms with van der Waals surface area (Å²) in [5, 5.41) is 7.06. The average Bonchev–Trinajstić information content (AvgIpc) is 3.08. The number of allylic oxidation sites excluding steroid dienone is 2. The summed E-state index contributed by atoms with van der Waals surface area (Å²) in [4.78, 5) is 20.9. The molecule has 3 rings (SSSR count). The van der Waals surface area contributed by atoms with E-state index in [9.17, 15) is 4.79 Å². The van der Waals surface area contributed by atoms with Crippen LogP contribution >= 0.6 is 11.3 Å². The van der Waals surface area contributed by atoms with Crippen molar-refractivity contribution < 1.29 is 4.79 Å². The topological polar surface area (TPSA) is 54.9 Å². The van der Waals surface area contributed by atoms with Crippen LogP contribution in [0.25, 0.3) is 11.3 Å². The summed E-state index contributed by atoms with van der Waals surface area (Å²) in [6.07, 6.45) is 10.3. The van der Waals surface area contributed by atoms with Gasteiger partial charge >= 0.3 is 0 Å². The Morgan fingerprint density at radius 1 is 1.33 bits per heavy atom. The van der Waals surface area contributed by atoms with Gasteiger partial charge in [0.05, 0.1) is 17.9 Å². The van der Waals surface area contributed by atoms with Crippen molar-refractivity contribution in [2.24, 2.45) is 5.92 Å². The first-order chi connectivity index (χ1) is 10.3. The van der Waals surface area contributed by atoms with Gasteiger partial charge in [-0.15, -0.1) is 0 Å². The highest BCUT2D eigenvalue weighted by Crippen LogP contribution is 2.22. The van der Waals surface area contributed by atoms with Crippen molar-refractivity contribution in [2.45, 2.75) is 25.8 Å². The fraction of sp³-hybridized carbons (Fsp3) is 0.312. The highest BCUT2D eigenvalue weighted by atomic mass is 32.1. The molecule has 4 nitrogen and oxygen atoms in total. The summed E-state index contributed by atoms with van der Waals surface area (Å²) in [6.45, 7) is 0.429. The molecular formula is C16H17N3OS. The van der Waals surface area contributed by atoms with Crippen LogP contribution in [0.4, 0.5) is 0 Å². The van der Waals surface area contributed by atoms with E-state index in [1.54, 1.807) is 23.7 Å². The van der Waals surface area contributed by atoms with Crippen LogP contribution in [-0.4, -0.2) is 15.9 Å². The van der Waals surface area contributed by atoms with Crippen LogP contribution in [0.15, 0.2) is 41.4 Å². The lowest BCUT2D eigenvalue weighted by Gasteiger charge is -2.17. The molecule has 2 aromatic heterocycles. The Labute approximate surface area is 128 Å². The van der Waals surface area contributed by atoms with Gasteiger partial charge in [-0.05, 0) is 30.7 Å². The minimum Gasteiger partial charge on any atom is -0.350 e. The van der Waals surface area contributed by atoms with Gasteiger partial charge in [0.2, 0.25) is 5.91 Å². The molecule has 1 unspecified atom stereocenters. The second-order valence-corrected chi connectivity index (χ2v) is 5.84. The average molecular weight is 299 g/mol. The molecule has 5 heteroatoms. The molecular weight excluding hydrogens is 282 g/mol. The molecule has 0 aliphatic heterocycles. The highest BCUT2D eigenvalue weighted by molar-refractivity contribution is 7.08. The summed E-state index contributed by atoms with van der Waals surface area (Å²) < 4.78 is 0. The Morgan fingerprint density at radius 3 is 3.00 bits per heavy atom. The number of carbonyl (C=O) groups excluding carboxylic acids is 1. The van der Waals surface area contributed by atoms with Crippen molar-refractivity contribution in [3.63, 3.8) is 0 Å². The number of hydrogen-bond acceptors (Lipinski definition) is 4. The van der Waals surface area contributed by atoms with E-state index in [1.807, 2.05) is 16.8 Å². The zero-order chi connectivity index (χ0) is 14.5. The van der Waals surface area contributed by atoms with Crippen LogP contribution in [0.5, 0.6) is 0 Å². The lowest BCUT2D eigenvalue weighted by molar-refractivity contribution is -0.125. The Bertz CT molecular complexity index is 637. The number of nitrogens with one attached hydrogen (secondary N) is 1. The normalized spacial score (nSPS) is 17.6. The van der Waals surface area contributed by atoms with Crippen molar-refractivity contribution in [2.75, 3.05) is 0 Å². The second kappa shape index (κ2) is 6.63. The van der Waals surface area contributed by atoms with Gasteiger partial charge in [-0.2, -0.15) is 11.3 Å². The smallest absolute Gasteiger partial charge is 0.223 e. The van der Waals surface area contributed by atoms with Gasteiger partial charge in [-0.3, -0.25) is 14.8 Å². The van der Waals surface area contributed by atoms with Gasteiger partial charge in [0, 0.05) is 29.3 Å². The van der Waals surface area contributed by atoms with E-state index in [2.05, 4.69) is 27.4 Å². The predicted molar refractivity (Wildman–Crippen MR) is 83.7 cm³/mol. The summed E-state index contributed by atoms with van der Waals surface area (Å²) >= 11 is 1.63. The van der Waals surface area contributed by atoms with Gasteiger partial charge in [0.1, 0.15) is 0 Å². The maximum Gasteiger partial charge on any atom is 0.223 e. The molecule has 1 aliphatic rings. The lowest BCUT2D eigenvalue weighted by atomic mass is 9.93. The second-order valence-electron chi connectivity index (χ2n) is 5.06. The third-order valence-electron chi connectivity index (χ3n) is 3.64. The zero-order valence-electron chi connectivity index (χ0n) is 11.7. The number of hydrogen-bond donors (Lipinski definition) is 1. The van der Waals surface area contributed by atoms with E-state index in [0.717, 1.165) is 36.2 Å². The number of amides is 1. The fourth-order valence-corrected chi connectivity index (χ4v) is 3.12. The molecule has 0 saturated heterocycles. The minimum atomic E-state index is 0.0938. The van der Waals surface area contributed by atoms with E-state index in [-0.39, 0.29) is 11.8 Å². The SMILES string of the molecule is O=C(NCc1nccnc1-c1ccsc1)C1CC=CCC1. The van der Waals surface area contributed by atoms with Gasteiger partial charge in [0.25, 0.3) is 0 Å². The molecule has 0 spiro atoms. The molecule has 2 aromatic rings. The Balaban J connectivity index is 1.68. The maximum absolute atomic E-state index is 12.2. The van der Waals surface area contributed by atoms with Crippen molar-refractivity contribution >= 4 is 17.2 Å². The molecule has 108 valence electrons. The van der Waals surface area contributed by atoms with Crippen LogP contribution in [-0.2, 0) is 11.3 Å². The van der Waals surface area contributed by atoms with Crippen LogP contribution in [0.2, 0.25) is 0 Å². The van der Waals surface area contributed by atoms with Crippen molar-refractivity contribution in [1.29, 1.82) is 0 Å². The maximum atomic E-state index is 12.2. The summed E-state index contributed by atoms with van der Waals surface area (Å²) in [5.41, 5.74) is 2.72. The van der Waals surface area contributed by atoms with Crippen LogP contribution < -0.4 is 5.32 Å². The molecule has 2 heterocycles. The van der Waals surface area contributed by atoms with Gasteiger partial charge in [0.15, 0.2) is 0 Å². The van der Waals surface area contributed by atoms with E-state index in [1.165, 1.54) is 0 Å². The molecule has 1 atom stereocenters. The quantitative estimate of drug-likeness (QED) is 0.882. The van der Waals surface area contributed by atoms with Crippen molar-refractivity contribution in [3.05, 3.63) is 47.1 Å². The molecule has 21 heavy (non-hydrogen) atoms. The first-order valence-electron chi connectivity index (χ1n) is 7.10. The van der Waals surface area contributed by atoms with Gasteiger partial charge in [-0.25, -0.2) is 0 Å². The zero-order valence-corrected chi connectivity index (χ0v) is 12.5. The predicted octanol–water partition coefficient (Wildman–Crippen LogP) is 3.18. The summed E-state index contributed by atoms with van der Waals surface area (Å²) in [7, 11) is 0. The molecule has 0 aromatic carbocycles. The van der Waals surface area contributed by atoms with E-state index in [0.29, 0.717) is 6.54 Å². The van der Waals surface area contributed by atoms with Crippen LogP contribution in [0.1, 0.15) is 25.0 Å². The van der Waals surface area contributed by atoms with Crippen LogP contribution in [0, 0.1) is 5.92 Å². The van der Waals surface area contributed by atoms with Gasteiger partial charge in [-0.1, -0.05) is 12.2 Å². The van der Waals surface area contributed by atoms with E-state index < -0.39 is 0 Å². The Kier molecular flexibility index (Phi) is 4.40. The largest absolute Gasteiger partial charge is 0.350 e. The van der Waals surface area contributed by atoms with Crippen LogP contribution in [0.3, 0.4) is 0 Å². The summed E-state index contributed by atoms with van der Waals surface area (Å²) in [6, 6.07) is 2.02. The molecule has 0 saturated carbocycles. The first-order valence-corrected chi connectivity index (χ1v) is 8.04. The highest BCUT2D eigenvalue weighted by Gasteiger charge is 2.19. The number of carbonyl (C=O) groups is 1.